The molecule has 0 radical (unpaired) electrons. The summed E-state index contributed by atoms with van der Waals surface area (Å²) < 4.78 is 14.1. The molecule has 0 aromatic heterocycles. The third-order valence-corrected chi connectivity index (χ3v) is 4.38. The molecule has 0 fully saturated rings. The normalized spacial score (nSPS) is 14.2. The van der Waals surface area contributed by atoms with Gasteiger partial charge in [-0.3, -0.25) is 0 Å². The molecule has 1 nitrogen and oxygen atoms in total. The highest BCUT2D eigenvalue weighted by molar-refractivity contribution is 6.30. The Labute approximate surface area is 127 Å². The van der Waals surface area contributed by atoms with Gasteiger partial charge in [-0.1, -0.05) is 51.3 Å². The lowest BCUT2D eigenvalue weighted by Gasteiger charge is -2.33. The fourth-order valence-electron chi connectivity index (χ4n) is 2.68. The third kappa shape index (κ3) is 5.06. The average Bonchev–Trinajstić information content (AvgIpc) is 2.45. The van der Waals surface area contributed by atoms with E-state index in [9.17, 15) is 4.39 Å². The first-order chi connectivity index (χ1) is 9.56. The molecule has 0 saturated carbocycles. The lowest BCUT2D eigenvalue weighted by atomic mass is 9.75. The molecule has 1 aromatic carbocycles. The highest BCUT2D eigenvalue weighted by Gasteiger charge is 2.28. The molecule has 0 aliphatic carbocycles. The molecule has 114 valence electrons. The van der Waals surface area contributed by atoms with Gasteiger partial charge in [0.15, 0.2) is 0 Å². The number of nitrogens with one attached hydrogen (secondary N) is 1. The largest absolute Gasteiger partial charge is 0.316 e. The summed E-state index contributed by atoms with van der Waals surface area (Å²) in [6.07, 6.45) is 5.34. The van der Waals surface area contributed by atoms with Crippen molar-refractivity contribution >= 4 is 11.6 Å². The Bertz CT molecular complexity index is 398. The highest BCUT2D eigenvalue weighted by Crippen LogP contribution is 2.33. The maximum absolute atomic E-state index is 14.1. The van der Waals surface area contributed by atoms with Gasteiger partial charge in [0, 0.05) is 11.6 Å². The third-order valence-electron chi connectivity index (χ3n) is 4.14. The van der Waals surface area contributed by atoms with E-state index in [2.05, 4.69) is 26.1 Å². The summed E-state index contributed by atoms with van der Waals surface area (Å²) in [5.41, 5.74) is 0.922. The van der Waals surface area contributed by atoms with Gasteiger partial charge in [0.25, 0.3) is 0 Å². The number of hydrogen-bond donors (Lipinski definition) is 1. The van der Waals surface area contributed by atoms with Gasteiger partial charge < -0.3 is 5.32 Å². The Hall–Kier alpha value is -0.600. The molecule has 1 aromatic rings. The van der Waals surface area contributed by atoms with Crippen molar-refractivity contribution in [3.8, 4) is 0 Å². The second kappa shape index (κ2) is 8.63. The van der Waals surface area contributed by atoms with Crippen LogP contribution in [0.1, 0.15) is 52.0 Å². The zero-order valence-electron chi connectivity index (χ0n) is 12.9. The second-order valence-corrected chi connectivity index (χ2v) is 6.09. The van der Waals surface area contributed by atoms with Crippen LogP contribution in [0.4, 0.5) is 4.39 Å². The van der Waals surface area contributed by atoms with Gasteiger partial charge in [0.1, 0.15) is 5.82 Å². The minimum absolute atomic E-state index is 0.140. The van der Waals surface area contributed by atoms with Gasteiger partial charge in [0.2, 0.25) is 0 Å². The maximum Gasteiger partial charge on any atom is 0.127 e. The van der Waals surface area contributed by atoms with Crippen molar-refractivity contribution in [2.75, 3.05) is 13.1 Å². The van der Waals surface area contributed by atoms with Crippen molar-refractivity contribution in [2.45, 2.75) is 52.9 Å². The number of rotatable bonds is 9. The Balaban J connectivity index is 2.90. The highest BCUT2D eigenvalue weighted by atomic mass is 35.5. The van der Waals surface area contributed by atoms with Crippen LogP contribution in [0.3, 0.4) is 0 Å². The average molecular weight is 300 g/mol. The maximum atomic E-state index is 14.1. The molecule has 20 heavy (non-hydrogen) atoms. The van der Waals surface area contributed by atoms with Crippen LogP contribution in [-0.2, 0) is 6.42 Å². The first-order valence-corrected chi connectivity index (χ1v) is 8.09. The van der Waals surface area contributed by atoms with Gasteiger partial charge in [-0.2, -0.15) is 0 Å². The summed E-state index contributed by atoms with van der Waals surface area (Å²) in [4.78, 5) is 0. The SMILES string of the molecule is CCCCC(CC)(CNCC)Cc1ccc(Cl)cc1F. The van der Waals surface area contributed by atoms with Crippen LogP contribution >= 0.6 is 11.6 Å². The first kappa shape index (κ1) is 17.5. The predicted molar refractivity (Wildman–Crippen MR) is 85.9 cm³/mol. The lowest BCUT2D eigenvalue weighted by Crippen LogP contribution is -2.36. The summed E-state index contributed by atoms with van der Waals surface area (Å²) in [5.74, 6) is -0.177. The summed E-state index contributed by atoms with van der Waals surface area (Å²) in [5, 5.41) is 3.92. The van der Waals surface area contributed by atoms with Crippen molar-refractivity contribution in [3.05, 3.63) is 34.6 Å². The second-order valence-electron chi connectivity index (χ2n) is 5.65. The predicted octanol–water partition coefficient (Wildman–Crippen LogP) is 5.22. The molecular formula is C17H27ClFN. The molecule has 0 aliphatic rings. The van der Waals surface area contributed by atoms with E-state index in [1.807, 2.05) is 6.07 Å². The fraction of sp³-hybridized carbons (Fsp3) is 0.647. The van der Waals surface area contributed by atoms with E-state index < -0.39 is 0 Å². The lowest BCUT2D eigenvalue weighted by molar-refractivity contribution is 0.228. The van der Waals surface area contributed by atoms with E-state index >= 15 is 0 Å². The van der Waals surface area contributed by atoms with E-state index in [1.54, 1.807) is 6.07 Å². The summed E-state index contributed by atoms with van der Waals surface area (Å²) >= 11 is 5.84. The summed E-state index contributed by atoms with van der Waals surface area (Å²) in [6.45, 7) is 8.43. The molecule has 0 bridgehead atoms. The Morgan fingerprint density at radius 3 is 2.55 bits per heavy atom. The quantitative estimate of drug-likeness (QED) is 0.659. The molecule has 3 heteroatoms. The van der Waals surface area contributed by atoms with Gasteiger partial charge in [-0.15, -0.1) is 0 Å². The van der Waals surface area contributed by atoms with Gasteiger partial charge >= 0.3 is 0 Å². The Morgan fingerprint density at radius 2 is 2.00 bits per heavy atom. The van der Waals surface area contributed by atoms with Crippen molar-refractivity contribution in [1.29, 1.82) is 0 Å². The molecule has 0 spiro atoms. The molecule has 0 aliphatic heterocycles. The Morgan fingerprint density at radius 1 is 1.25 bits per heavy atom. The van der Waals surface area contributed by atoms with Crippen LogP contribution in [0, 0.1) is 11.2 Å². The number of benzene rings is 1. The fourth-order valence-corrected chi connectivity index (χ4v) is 2.84. The number of halogens is 2. The molecule has 1 unspecified atom stereocenters. The monoisotopic (exact) mass is 299 g/mol. The van der Waals surface area contributed by atoms with Crippen molar-refractivity contribution in [1.82, 2.24) is 5.32 Å². The van der Waals surface area contributed by atoms with Crippen LogP contribution in [0.2, 0.25) is 5.02 Å². The zero-order chi connectivity index (χ0) is 15.0. The van der Waals surface area contributed by atoms with E-state index in [1.165, 1.54) is 18.9 Å². The summed E-state index contributed by atoms with van der Waals surface area (Å²) in [6, 6.07) is 5.04. The van der Waals surface area contributed by atoms with Crippen molar-refractivity contribution in [2.24, 2.45) is 5.41 Å². The Kier molecular flexibility index (Phi) is 7.53. The van der Waals surface area contributed by atoms with E-state index in [0.717, 1.165) is 37.9 Å². The van der Waals surface area contributed by atoms with Crippen molar-refractivity contribution in [3.63, 3.8) is 0 Å². The molecule has 0 saturated heterocycles. The van der Waals surface area contributed by atoms with Gasteiger partial charge in [-0.05, 0) is 48.9 Å². The van der Waals surface area contributed by atoms with Gasteiger partial charge in [0.05, 0.1) is 0 Å². The van der Waals surface area contributed by atoms with Crippen LogP contribution in [0.25, 0.3) is 0 Å². The topological polar surface area (TPSA) is 12.0 Å². The van der Waals surface area contributed by atoms with Crippen molar-refractivity contribution < 1.29 is 4.39 Å². The van der Waals surface area contributed by atoms with Crippen LogP contribution in [0.15, 0.2) is 18.2 Å². The first-order valence-electron chi connectivity index (χ1n) is 7.71. The van der Waals surface area contributed by atoms with Gasteiger partial charge in [-0.25, -0.2) is 4.39 Å². The summed E-state index contributed by atoms with van der Waals surface area (Å²) in [7, 11) is 0. The molecular weight excluding hydrogens is 273 g/mol. The standard InChI is InChI=1S/C17H27ClFN/c1-4-7-10-17(5-2,13-20-6-3)12-14-8-9-15(18)11-16(14)19/h8-9,11,20H,4-7,10,12-13H2,1-3H3. The van der Waals surface area contributed by atoms with Crippen LogP contribution in [-0.4, -0.2) is 13.1 Å². The molecule has 0 heterocycles. The molecule has 1 N–H and O–H groups in total. The number of unbranched alkanes of at least 4 members (excludes halogenated alkanes) is 1. The molecule has 1 atom stereocenters. The minimum atomic E-state index is -0.177. The van der Waals surface area contributed by atoms with E-state index in [0.29, 0.717) is 5.02 Å². The minimum Gasteiger partial charge on any atom is -0.316 e. The van der Waals surface area contributed by atoms with E-state index in [-0.39, 0.29) is 11.2 Å². The molecule has 0 amide bonds. The molecule has 1 rings (SSSR count). The van der Waals surface area contributed by atoms with Crippen LogP contribution < -0.4 is 5.32 Å². The smallest absolute Gasteiger partial charge is 0.127 e. The van der Waals surface area contributed by atoms with Crippen LogP contribution in [0.5, 0.6) is 0 Å². The van der Waals surface area contributed by atoms with E-state index in [4.69, 9.17) is 11.6 Å². The number of hydrogen-bond acceptors (Lipinski definition) is 1. The zero-order valence-corrected chi connectivity index (χ0v) is 13.7.